The molecule has 8 nitrogen and oxygen atoms in total. The number of nitrogens with one attached hydrogen (secondary N) is 2. The lowest BCUT2D eigenvalue weighted by Gasteiger charge is -2.37. The van der Waals surface area contributed by atoms with Gasteiger partial charge in [-0.15, -0.1) is 0 Å². The molecule has 1 fully saturated rings. The summed E-state index contributed by atoms with van der Waals surface area (Å²) in [5, 5.41) is 15.8. The van der Waals surface area contributed by atoms with Gasteiger partial charge in [-0.25, -0.2) is 0 Å². The van der Waals surface area contributed by atoms with Crippen molar-refractivity contribution in [2.24, 2.45) is 0 Å². The highest BCUT2D eigenvalue weighted by Crippen LogP contribution is 2.47. The number of ether oxygens (including phenoxy) is 3. The molecule has 0 bridgehead atoms. The van der Waals surface area contributed by atoms with Crippen LogP contribution in [0.3, 0.4) is 0 Å². The molecule has 0 radical (unpaired) electrons. The first-order valence-electron chi connectivity index (χ1n) is 11.2. The second-order valence-electron chi connectivity index (χ2n) is 8.54. The van der Waals surface area contributed by atoms with E-state index in [9.17, 15) is 14.7 Å². The normalized spacial score (nSPS) is 24.2. The maximum atomic E-state index is 12.7. The summed E-state index contributed by atoms with van der Waals surface area (Å²) in [5.74, 6) is 0.315. The third-order valence-electron chi connectivity index (χ3n) is 6.15. The van der Waals surface area contributed by atoms with E-state index in [4.69, 9.17) is 14.2 Å². The Labute approximate surface area is 193 Å². The Bertz CT molecular complexity index is 982. The van der Waals surface area contributed by atoms with Crippen molar-refractivity contribution in [1.82, 2.24) is 5.32 Å². The van der Waals surface area contributed by atoms with Gasteiger partial charge in [0, 0.05) is 24.3 Å². The number of aliphatic hydroxyl groups excluding tert-OH is 1. The van der Waals surface area contributed by atoms with Crippen LogP contribution in [0.2, 0.25) is 0 Å². The summed E-state index contributed by atoms with van der Waals surface area (Å²) in [7, 11) is 1.47. The lowest BCUT2D eigenvalue weighted by atomic mass is 9.84. The van der Waals surface area contributed by atoms with E-state index in [-0.39, 0.29) is 55.6 Å². The minimum atomic E-state index is -0.535. The van der Waals surface area contributed by atoms with Gasteiger partial charge in [-0.1, -0.05) is 30.3 Å². The first-order chi connectivity index (χ1) is 16.0. The maximum Gasteiger partial charge on any atom is 0.250 e. The highest BCUT2D eigenvalue weighted by molar-refractivity contribution is 5.92. The third-order valence-corrected chi connectivity index (χ3v) is 6.15. The van der Waals surface area contributed by atoms with Crippen molar-refractivity contribution in [3.63, 3.8) is 0 Å². The molecule has 0 aromatic heterocycles. The van der Waals surface area contributed by atoms with Crippen LogP contribution in [0.15, 0.2) is 48.5 Å². The molecule has 176 valence electrons. The van der Waals surface area contributed by atoms with Crippen molar-refractivity contribution >= 4 is 17.5 Å². The molecule has 0 spiro atoms. The van der Waals surface area contributed by atoms with Gasteiger partial charge in [0.25, 0.3) is 0 Å². The topological polar surface area (TPSA) is 106 Å². The Hall–Kier alpha value is -2.94. The molecule has 8 heteroatoms. The zero-order chi connectivity index (χ0) is 23.4. The quantitative estimate of drug-likeness (QED) is 0.566. The van der Waals surface area contributed by atoms with Gasteiger partial charge >= 0.3 is 0 Å². The van der Waals surface area contributed by atoms with Gasteiger partial charge in [0.2, 0.25) is 11.8 Å². The number of hydrogen-bond donors (Lipinski definition) is 3. The zero-order valence-corrected chi connectivity index (χ0v) is 18.8. The van der Waals surface area contributed by atoms with Crippen LogP contribution in [0.1, 0.15) is 42.9 Å². The van der Waals surface area contributed by atoms with Crippen LogP contribution in [-0.2, 0) is 19.1 Å². The lowest BCUT2D eigenvalue weighted by Crippen LogP contribution is -2.47. The van der Waals surface area contributed by atoms with Crippen molar-refractivity contribution in [1.29, 1.82) is 0 Å². The number of aliphatic hydroxyl groups is 1. The molecule has 2 aliphatic rings. The monoisotopic (exact) mass is 454 g/mol. The van der Waals surface area contributed by atoms with E-state index in [1.807, 2.05) is 49.4 Å². The van der Waals surface area contributed by atoms with Crippen LogP contribution in [0, 0.1) is 0 Å². The highest BCUT2D eigenvalue weighted by atomic mass is 16.6. The van der Waals surface area contributed by atoms with Gasteiger partial charge in [-0.05, 0) is 37.1 Å². The number of anilines is 1. The number of methoxy groups -OCH3 is 1. The molecule has 2 aromatic carbocycles. The number of benzene rings is 2. The molecule has 0 aliphatic carbocycles. The summed E-state index contributed by atoms with van der Waals surface area (Å²) in [5.41, 5.74) is 2.63. The first kappa shape index (κ1) is 23.2. The second-order valence-corrected chi connectivity index (χ2v) is 8.54. The molecule has 4 rings (SSSR count). The highest BCUT2D eigenvalue weighted by Gasteiger charge is 2.46. The van der Waals surface area contributed by atoms with Crippen molar-refractivity contribution in [2.45, 2.75) is 50.0 Å². The number of hydrogen-bond acceptors (Lipinski definition) is 6. The Balaban J connectivity index is 1.44. The Morgan fingerprint density at radius 2 is 1.97 bits per heavy atom. The Morgan fingerprint density at radius 1 is 1.18 bits per heavy atom. The number of amides is 2. The second kappa shape index (κ2) is 10.3. The van der Waals surface area contributed by atoms with E-state index in [1.165, 1.54) is 7.11 Å². The minimum absolute atomic E-state index is 0.0291. The molecule has 2 amide bonds. The van der Waals surface area contributed by atoms with Gasteiger partial charge in [0.05, 0.1) is 25.2 Å². The summed E-state index contributed by atoms with van der Waals surface area (Å²) in [6, 6.07) is 15.1. The fraction of sp³-hybridized carbons (Fsp3) is 0.440. The number of rotatable bonds is 8. The van der Waals surface area contributed by atoms with E-state index in [0.29, 0.717) is 17.9 Å². The predicted molar refractivity (Wildman–Crippen MR) is 122 cm³/mol. The van der Waals surface area contributed by atoms with E-state index >= 15 is 0 Å². The molecule has 5 atom stereocenters. The van der Waals surface area contributed by atoms with E-state index < -0.39 is 6.10 Å². The lowest BCUT2D eigenvalue weighted by molar-refractivity contribution is -0.142. The third kappa shape index (κ3) is 5.35. The molecule has 3 N–H and O–H groups in total. The van der Waals surface area contributed by atoms with Crippen LogP contribution >= 0.6 is 0 Å². The largest absolute Gasteiger partial charge is 0.487 e. The molecule has 2 aromatic rings. The molecule has 0 saturated carbocycles. The van der Waals surface area contributed by atoms with Gasteiger partial charge < -0.3 is 30.0 Å². The summed E-state index contributed by atoms with van der Waals surface area (Å²) < 4.78 is 17.0. The summed E-state index contributed by atoms with van der Waals surface area (Å²) in [6.45, 7) is 1.71. The summed E-state index contributed by atoms with van der Waals surface area (Å²) >= 11 is 0. The smallest absolute Gasteiger partial charge is 0.250 e. The SMILES string of the molecule is COCC(=O)Nc1ccc2c(c1)[C@H]1C[C@@H](CC(=O)N[C@@H](C)c3ccccc3)O[C@H](CO)[C@H]1O2. The molecule has 33 heavy (non-hydrogen) atoms. The van der Waals surface area contributed by atoms with E-state index in [1.54, 1.807) is 6.07 Å². The molecular formula is C25H30N2O6. The van der Waals surface area contributed by atoms with Crippen molar-refractivity contribution in [2.75, 3.05) is 25.6 Å². The number of carbonyl (C=O) groups is 2. The van der Waals surface area contributed by atoms with Crippen LogP contribution in [0.25, 0.3) is 0 Å². The fourth-order valence-electron chi connectivity index (χ4n) is 4.63. The van der Waals surface area contributed by atoms with Gasteiger partial charge in [0.1, 0.15) is 24.6 Å². The van der Waals surface area contributed by atoms with Crippen molar-refractivity contribution in [3.8, 4) is 5.75 Å². The molecule has 2 aliphatic heterocycles. The summed E-state index contributed by atoms with van der Waals surface area (Å²) in [6.07, 6.45) is -0.454. The van der Waals surface area contributed by atoms with E-state index in [2.05, 4.69) is 10.6 Å². The fourth-order valence-corrected chi connectivity index (χ4v) is 4.63. The number of fused-ring (bicyclic) bond motifs is 3. The number of carbonyl (C=O) groups excluding carboxylic acids is 2. The Morgan fingerprint density at radius 3 is 2.70 bits per heavy atom. The van der Waals surface area contributed by atoms with Gasteiger partial charge in [-0.2, -0.15) is 0 Å². The zero-order valence-electron chi connectivity index (χ0n) is 18.8. The van der Waals surface area contributed by atoms with Crippen molar-refractivity contribution < 1.29 is 28.9 Å². The van der Waals surface area contributed by atoms with Gasteiger partial charge in [0.15, 0.2) is 0 Å². The first-order valence-corrected chi connectivity index (χ1v) is 11.2. The van der Waals surface area contributed by atoms with E-state index in [0.717, 1.165) is 11.1 Å². The average molecular weight is 455 g/mol. The average Bonchev–Trinajstić information content (AvgIpc) is 3.17. The molecule has 1 saturated heterocycles. The van der Waals surface area contributed by atoms with Gasteiger partial charge in [-0.3, -0.25) is 9.59 Å². The van der Waals surface area contributed by atoms with Crippen LogP contribution in [0.4, 0.5) is 5.69 Å². The minimum Gasteiger partial charge on any atom is -0.487 e. The van der Waals surface area contributed by atoms with Crippen molar-refractivity contribution in [3.05, 3.63) is 59.7 Å². The Kier molecular flexibility index (Phi) is 7.27. The maximum absolute atomic E-state index is 12.7. The molecular weight excluding hydrogens is 424 g/mol. The van der Waals surface area contributed by atoms with Crippen LogP contribution in [-0.4, -0.2) is 55.6 Å². The molecule has 0 unspecified atom stereocenters. The predicted octanol–water partition coefficient (Wildman–Crippen LogP) is 2.53. The standard InChI is InChI=1S/C25H30N2O6/c1-15(16-6-4-3-5-7-16)26-23(29)12-18-11-20-19-10-17(27-24(30)14-31-2)8-9-21(19)33-25(20)22(13-28)32-18/h3-10,15,18,20,22,25,28H,11-14H2,1-2H3,(H,26,29)(H,27,30)/t15-,18-,20+,22+,25-/m0/s1. The van der Waals surface area contributed by atoms with Crippen LogP contribution < -0.4 is 15.4 Å². The summed E-state index contributed by atoms with van der Waals surface area (Å²) in [4.78, 5) is 24.6. The molecule has 2 heterocycles. The van der Waals surface area contributed by atoms with Crippen LogP contribution in [0.5, 0.6) is 5.75 Å².